The first-order valence-electron chi connectivity index (χ1n) is 4.52. The maximum Gasteiger partial charge on any atom is 0.137 e. The van der Waals surface area contributed by atoms with Gasteiger partial charge in [0.15, 0.2) is 0 Å². The molecule has 0 amide bonds. The molecule has 0 aromatic heterocycles. The molecule has 0 saturated heterocycles. The zero-order valence-electron chi connectivity index (χ0n) is 7.92. The second kappa shape index (κ2) is 4.46. The molecule has 1 aromatic carbocycles. The average molecular weight is 305 g/mol. The third-order valence-corrected chi connectivity index (χ3v) is 3.14. The largest absolute Gasteiger partial charge is 0.492 e. The molecule has 1 aliphatic heterocycles. The van der Waals surface area contributed by atoms with Crippen LogP contribution in [-0.4, -0.2) is 13.7 Å². The van der Waals surface area contributed by atoms with Crippen LogP contribution in [0.15, 0.2) is 18.2 Å². The molecule has 0 bridgehead atoms. The number of halogens is 1. The molecular weight excluding hydrogens is 293 g/mol. The van der Waals surface area contributed by atoms with Gasteiger partial charge in [0.1, 0.15) is 5.75 Å². The predicted octanol–water partition coefficient (Wildman–Crippen LogP) is 2.27. The van der Waals surface area contributed by atoms with Crippen LogP contribution in [0.4, 0.5) is 0 Å². The highest BCUT2D eigenvalue weighted by Crippen LogP contribution is 2.35. The number of hydrogen-bond donors (Lipinski definition) is 1. The van der Waals surface area contributed by atoms with Crippen molar-refractivity contribution in [2.75, 3.05) is 13.7 Å². The fourth-order valence-corrected chi connectivity index (χ4v) is 2.33. The van der Waals surface area contributed by atoms with Gasteiger partial charge in [-0.1, -0.05) is 12.1 Å². The van der Waals surface area contributed by atoms with Crippen LogP contribution < -0.4 is 10.2 Å². The van der Waals surface area contributed by atoms with E-state index in [0.717, 1.165) is 22.3 Å². The van der Waals surface area contributed by atoms with Gasteiger partial charge >= 0.3 is 0 Å². The highest BCUT2D eigenvalue weighted by Gasteiger charge is 2.22. The minimum atomic E-state index is 0.249. The molecule has 0 fully saturated rings. The zero-order chi connectivity index (χ0) is 9.97. The van der Waals surface area contributed by atoms with Gasteiger partial charge in [-0.25, -0.2) is 0 Å². The van der Waals surface area contributed by atoms with Crippen LogP contribution in [0.1, 0.15) is 18.0 Å². The van der Waals surface area contributed by atoms with Crippen LogP contribution in [-0.2, 0) is 4.84 Å². The van der Waals surface area contributed by atoms with E-state index in [1.54, 1.807) is 7.11 Å². The van der Waals surface area contributed by atoms with Gasteiger partial charge in [0.25, 0.3) is 0 Å². The average Bonchev–Trinajstić information content (AvgIpc) is 2.20. The Morgan fingerprint density at radius 1 is 1.57 bits per heavy atom. The number of hydroxylamine groups is 1. The molecule has 3 nitrogen and oxygen atoms in total. The summed E-state index contributed by atoms with van der Waals surface area (Å²) in [7, 11) is 1.64. The lowest BCUT2D eigenvalue weighted by atomic mass is 10.0. The maximum atomic E-state index is 5.63. The van der Waals surface area contributed by atoms with Crippen molar-refractivity contribution in [1.29, 1.82) is 0 Å². The monoisotopic (exact) mass is 305 g/mol. The van der Waals surface area contributed by atoms with Crippen molar-refractivity contribution in [3.05, 3.63) is 27.3 Å². The third kappa shape index (κ3) is 1.87. The highest BCUT2D eigenvalue weighted by molar-refractivity contribution is 14.1. The van der Waals surface area contributed by atoms with Gasteiger partial charge in [-0.2, -0.15) is 5.48 Å². The number of ether oxygens (including phenoxy) is 1. The molecule has 1 heterocycles. The Kier molecular flexibility index (Phi) is 3.25. The Hall–Kier alpha value is -0.330. The molecule has 2 rings (SSSR count). The molecule has 1 aromatic rings. The Morgan fingerprint density at radius 3 is 3.21 bits per heavy atom. The minimum Gasteiger partial charge on any atom is -0.492 e. The van der Waals surface area contributed by atoms with Crippen molar-refractivity contribution < 1.29 is 9.57 Å². The molecule has 1 N–H and O–H groups in total. The fraction of sp³-hybridized carbons (Fsp3) is 0.400. The Balaban J connectivity index is 2.34. The second-order valence-corrected chi connectivity index (χ2v) is 4.33. The lowest BCUT2D eigenvalue weighted by Crippen LogP contribution is -2.26. The zero-order valence-corrected chi connectivity index (χ0v) is 10.1. The topological polar surface area (TPSA) is 30.5 Å². The van der Waals surface area contributed by atoms with Crippen LogP contribution in [0.3, 0.4) is 0 Å². The molecule has 14 heavy (non-hydrogen) atoms. The van der Waals surface area contributed by atoms with Crippen molar-refractivity contribution in [2.24, 2.45) is 0 Å². The molecular formula is C10H12INO2. The van der Waals surface area contributed by atoms with Crippen molar-refractivity contribution in [1.82, 2.24) is 5.48 Å². The molecule has 4 heteroatoms. The lowest BCUT2D eigenvalue weighted by molar-refractivity contribution is 0.0461. The maximum absolute atomic E-state index is 5.63. The van der Waals surface area contributed by atoms with Gasteiger partial charge in [-0.15, -0.1) is 0 Å². The van der Waals surface area contributed by atoms with E-state index in [4.69, 9.17) is 9.57 Å². The molecule has 0 radical (unpaired) electrons. The molecule has 1 unspecified atom stereocenters. The minimum absolute atomic E-state index is 0.249. The SMILES string of the molecule is CONC1CCOc2c(I)cccc21. The third-order valence-electron chi connectivity index (χ3n) is 2.29. The summed E-state index contributed by atoms with van der Waals surface area (Å²) in [6.07, 6.45) is 0.945. The van der Waals surface area contributed by atoms with Crippen LogP contribution in [0.25, 0.3) is 0 Å². The summed E-state index contributed by atoms with van der Waals surface area (Å²) >= 11 is 2.29. The van der Waals surface area contributed by atoms with Gasteiger partial charge in [0, 0.05) is 12.0 Å². The van der Waals surface area contributed by atoms with E-state index in [0.29, 0.717) is 0 Å². The van der Waals surface area contributed by atoms with Crippen LogP contribution in [0, 0.1) is 3.57 Å². The molecule has 1 atom stereocenters. The van der Waals surface area contributed by atoms with Crippen LogP contribution in [0.2, 0.25) is 0 Å². The van der Waals surface area contributed by atoms with E-state index >= 15 is 0 Å². The first-order chi connectivity index (χ1) is 6.83. The first-order valence-corrected chi connectivity index (χ1v) is 5.60. The molecule has 0 spiro atoms. The van der Waals surface area contributed by atoms with E-state index in [-0.39, 0.29) is 6.04 Å². The number of nitrogens with one attached hydrogen (secondary N) is 1. The normalized spacial score (nSPS) is 20.0. The van der Waals surface area contributed by atoms with Gasteiger partial charge < -0.3 is 9.57 Å². The molecule has 0 saturated carbocycles. The van der Waals surface area contributed by atoms with E-state index in [2.05, 4.69) is 40.2 Å². The van der Waals surface area contributed by atoms with Crippen molar-refractivity contribution in [3.8, 4) is 5.75 Å². The van der Waals surface area contributed by atoms with E-state index < -0.39 is 0 Å². The molecule has 0 aliphatic carbocycles. The Labute approximate surface area is 96.9 Å². The summed E-state index contributed by atoms with van der Waals surface area (Å²) < 4.78 is 6.78. The first kappa shape index (κ1) is 10.2. The van der Waals surface area contributed by atoms with E-state index in [1.165, 1.54) is 5.56 Å². The Morgan fingerprint density at radius 2 is 2.43 bits per heavy atom. The van der Waals surface area contributed by atoms with Crippen molar-refractivity contribution in [3.63, 3.8) is 0 Å². The number of fused-ring (bicyclic) bond motifs is 1. The summed E-state index contributed by atoms with van der Waals surface area (Å²) in [5, 5.41) is 0. The summed E-state index contributed by atoms with van der Waals surface area (Å²) in [4.78, 5) is 4.97. The highest BCUT2D eigenvalue weighted by atomic mass is 127. The van der Waals surface area contributed by atoms with Gasteiger partial charge in [-0.3, -0.25) is 0 Å². The second-order valence-electron chi connectivity index (χ2n) is 3.17. The summed E-state index contributed by atoms with van der Waals surface area (Å²) in [6, 6.07) is 6.42. The smallest absolute Gasteiger partial charge is 0.137 e. The fourth-order valence-electron chi connectivity index (χ4n) is 1.65. The summed E-state index contributed by atoms with van der Waals surface area (Å²) in [5.41, 5.74) is 4.17. The van der Waals surface area contributed by atoms with Crippen molar-refractivity contribution >= 4 is 22.6 Å². The predicted molar refractivity (Wildman–Crippen MR) is 62.2 cm³/mol. The molecule has 76 valence electrons. The molecule has 1 aliphatic rings. The van der Waals surface area contributed by atoms with Gasteiger partial charge in [0.05, 0.1) is 23.3 Å². The standard InChI is InChI=1S/C10H12INO2/c1-13-12-9-5-6-14-10-7(9)3-2-4-8(10)11/h2-4,9,12H,5-6H2,1H3. The quantitative estimate of drug-likeness (QED) is 0.671. The van der Waals surface area contributed by atoms with E-state index in [9.17, 15) is 0 Å². The van der Waals surface area contributed by atoms with Gasteiger partial charge in [0.2, 0.25) is 0 Å². The van der Waals surface area contributed by atoms with Gasteiger partial charge in [-0.05, 0) is 28.7 Å². The summed E-state index contributed by atoms with van der Waals surface area (Å²) in [6.45, 7) is 0.744. The number of hydrogen-bond acceptors (Lipinski definition) is 3. The van der Waals surface area contributed by atoms with Crippen LogP contribution >= 0.6 is 22.6 Å². The lowest BCUT2D eigenvalue weighted by Gasteiger charge is -2.26. The number of rotatable bonds is 2. The number of para-hydroxylation sites is 1. The summed E-state index contributed by atoms with van der Waals surface area (Å²) in [5.74, 6) is 0.994. The number of benzene rings is 1. The van der Waals surface area contributed by atoms with E-state index in [1.807, 2.05) is 6.07 Å². The Bertz CT molecular complexity index is 330. The van der Waals surface area contributed by atoms with Crippen LogP contribution in [0.5, 0.6) is 5.75 Å². The van der Waals surface area contributed by atoms with Crippen molar-refractivity contribution in [2.45, 2.75) is 12.5 Å².